The monoisotopic (exact) mass is 381 g/mol. The van der Waals surface area contributed by atoms with Crippen LogP contribution in [0.4, 0.5) is 4.79 Å². The second-order valence-corrected chi connectivity index (χ2v) is 6.47. The highest BCUT2D eigenvalue weighted by atomic mass is 32.2. The van der Waals surface area contributed by atoms with Crippen molar-refractivity contribution in [3.63, 3.8) is 0 Å². The number of thioether (sulfide) groups is 1. The molecule has 1 fully saturated rings. The average molecular weight is 381 g/mol. The molecule has 2 amide bonds. The van der Waals surface area contributed by atoms with Gasteiger partial charge in [0.1, 0.15) is 11.5 Å². The van der Waals surface area contributed by atoms with Crippen molar-refractivity contribution < 1.29 is 23.5 Å². The standard InChI is InChI=1S/C20H15NO5S/c1-3-11-21-18(22)17(27-20(21)24)12-15-9-10-16(26-15)13-5-7-14(8-6-13)19(23)25-4-2/h1,5-10,12H,4,11H2,2H3/b17-12+. The average Bonchev–Trinajstić information content (AvgIpc) is 3.23. The summed E-state index contributed by atoms with van der Waals surface area (Å²) in [6.07, 6.45) is 6.68. The van der Waals surface area contributed by atoms with E-state index in [1.807, 2.05) is 0 Å². The molecule has 1 aliphatic heterocycles. The molecule has 0 atom stereocenters. The van der Waals surface area contributed by atoms with Crippen LogP contribution in [0.25, 0.3) is 17.4 Å². The first-order valence-electron chi connectivity index (χ1n) is 8.09. The summed E-state index contributed by atoms with van der Waals surface area (Å²) in [5, 5.41) is -0.398. The maximum atomic E-state index is 12.2. The van der Waals surface area contributed by atoms with E-state index in [9.17, 15) is 14.4 Å². The van der Waals surface area contributed by atoms with Gasteiger partial charge in [-0.05, 0) is 43.0 Å². The van der Waals surface area contributed by atoms with Gasteiger partial charge in [0.2, 0.25) is 0 Å². The van der Waals surface area contributed by atoms with Crippen molar-refractivity contribution in [3.8, 4) is 23.7 Å². The molecule has 0 aliphatic carbocycles. The van der Waals surface area contributed by atoms with Crippen molar-refractivity contribution in [1.29, 1.82) is 0 Å². The molecule has 2 heterocycles. The number of terminal acetylenes is 1. The number of benzene rings is 1. The zero-order valence-corrected chi connectivity index (χ0v) is 15.2. The Labute approximate surface area is 160 Å². The number of hydrogen-bond acceptors (Lipinski definition) is 6. The largest absolute Gasteiger partial charge is 0.462 e. The number of ether oxygens (including phenoxy) is 1. The van der Waals surface area contributed by atoms with Gasteiger partial charge >= 0.3 is 5.97 Å². The van der Waals surface area contributed by atoms with E-state index in [1.165, 1.54) is 6.08 Å². The number of nitrogens with zero attached hydrogens (tertiary/aromatic N) is 1. The Morgan fingerprint density at radius 1 is 1.26 bits per heavy atom. The number of carbonyl (C=O) groups is 3. The van der Waals surface area contributed by atoms with Crippen LogP contribution in [0.3, 0.4) is 0 Å². The van der Waals surface area contributed by atoms with Gasteiger partial charge in [-0.25, -0.2) is 4.79 Å². The highest BCUT2D eigenvalue weighted by Gasteiger charge is 2.34. The Morgan fingerprint density at radius 2 is 2.00 bits per heavy atom. The van der Waals surface area contributed by atoms with E-state index in [0.717, 1.165) is 22.2 Å². The number of imide groups is 1. The minimum atomic E-state index is -0.431. The van der Waals surface area contributed by atoms with Crippen LogP contribution >= 0.6 is 11.8 Å². The first-order valence-corrected chi connectivity index (χ1v) is 8.91. The van der Waals surface area contributed by atoms with Crippen LogP contribution in [-0.4, -0.2) is 35.2 Å². The Morgan fingerprint density at radius 3 is 2.67 bits per heavy atom. The molecule has 1 aliphatic rings. The fraction of sp³-hybridized carbons (Fsp3) is 0.150. The molecule has 0 bridgehead atoms. The minimum Gasteiger partial charge on any atom is -0.462 e. The van der Waals surface area contributed by atoms with Crippen LogP contribution < -0.4 is 0 Å². The van der Waals surface area contributed by atoms with E-state index in [2.05, 4.69) is 5.92 Å². The topological polar surface area (TPSA) is 76.8 Å². The van der Waals surface area contributed by atoms with Crippen LogP contribution in [0, 0.1) is 12.3 Å². The molecule has 6 nitrogen and oxygen atoms in total. The van der Waals surface area contributed by atoms with Gasteiger partial charge in [0, 0.05) is 11.6 Å². The molecule has 136 valence electrons. The summed E-state index contributed by atoms with van der Waals surface area (Å²) in [6.45, 7) is 2.00. The fourth-order valence-corrected chi connectivity index (χ4v) is 3.25. The zero-order valence-electron chi connectivity index (χ0n) is 14.4. The third-order valence-electron chi connectivity index (χ3n) is 3.70. The summed E-state index contributed by atoms with van der Waals surface area (Å²) in [6, 6.07) is 10.2. The van der Waals surface area contributed by atoms with Gasteiger partial charge in [-0.2, -0.15) is 0 Å². The fourth-order valence-electron chi connectivity index (χ4n) is 2.43. The first kappa shape index (κ1) is 18.5. The SMILES string of the molecule is C#CCN1C(=O)S/C(=C/c2ccc(-c3ccc(C(=O)OCC)cc3)o2)C1=O. The first-order chi connectivity index (χ1) is 13.0. The van der Waals surface area contributed by atoms with Crippen LogP contribution in [-0.2, 0) is 9.53 Å². The lowest BCUT2D eigenvalue weighted by atomic mass is 10.1. The van der Waals surface area contributed by atoms with Crippen LogP contribution in [0.1, 0.15) is 23.0 Å². The van der Waals surface area contributed by atoms with Gasteiger partial charge in [-0.15, -0.1) is 6.42 Å². The summed E-state index contributed by atoms with van der Waals surface area (Å²) in [4.78, 5) is 36.9. The van der Waals surface area contributed by atoms with Crippen LogP contribution in [0.15, 0.2) is 45.7 Å². The molecule has 0 N–H and O–H groups in total. The molecular weight excluding hydrogens is 366 g/mol. The third kappa shape index (κ3) is 3.96. The molecule has 1 aromatic carbocycles. The van der Waals surface area contributed by atoms with Crippen molar-refractivity contribution in [2.45, 2.75) is 6.92 Å². The molecule has 3 rings (SSSR count). The summed E-state index contributed by atoms with van der Waals surface area (Å²) in [5.41, 5.74) is 1.22. The summed E-state index contributed by atoms with van der Waals surface area (Å²) in [5.74, 6) is 2.48. The van der Waals surface area contributed by atoms with Gasteiger partial charge < -0.3 is 9.15 Å². The van der Waals surface area contributed by atoms with E-state index in [1.54, 1.807) is 43.3 Å². The molecule has 0 spiro atoms. The van der Waals surface area contributed by atoms with E-state index in [-0.39, 0.29) is 17.4 Å². The maximum absolute atomic E-state index is 12.2. The lowest BCUT2D eigenvalue weighted by Crippen LogP contribution is -2.28. The van der Waals surface area contributed by atoms with Crippen molar-refractivity contribution in [1.82, 2.24) is 4.90 Å². The molecule has 0 saturated carbocycles. The van der Waals surface area contributed by atoms with Crippen molar-refractivity contribution in [3.05, 3.63) is 52.6 Å². The molecule has 7 heteroatoms. The summed E-state index contributed by atoms with van der Waals surface area (Å²) < 4.78 is 10.7. The highest BCUT2D eigenvalue weighted by molar-refractivity contribution is 8.18. The highest BCUT2D eigenvalue weighted by Crippen LogP contribution is 2.33. The molecule has 27 heavy (non-hydrogen) atoms. The molecule has 1 saturated heterocycles. The van der Waals surface area contributed by atoms with E-state index >= 15 is 0 Å². The van der Waals surface area contributed by atoms with Gasteiger partial charge in [0.15, 0.2) is 0 Å². The molecule has 1 aromatic heterocycles. The van der Waals surface area contributed by atoms with Crippen LogP contribution in [0.2, 0.25) is 0 Å². The summed E-state index contributed by atoms with van der Waals surface area (Å²) in [7, 11) is 0. The predicted molar refractivity (Wildman–Crippen MR) is 102 cm³/mol. The molecular formula is C20H15NO5S. The van der Waals surface area contributed by atoms with Gasteiger partial charge in [0.05, 0.1) is 23.6 Å². The normalized spacial score (nSPS) is 15.3. The third-order valence-corrected chi connectivity index (χ3v) is 4.61. The predicted octanol–water partition coefficient (Wildman–Crippen LogP) is 3.79. The van der Waals surface area contributed by atoms with Crippen molar-refractivity contribution in [2.75, 3.05) is 13.2 Å². The number of amides is 2. The number of furan rings is 1. The quantitative estimate of drug-likeness (QED) is 0.445. The Bertz CT molecular complexity index is 965. The summed E-state index contributed by atoms with van der Waals surface area (Å²) >= 11 is 0.823. The second-order valence-electron chi connectivity index (χ2n) is 5.47. The molecule has 0 radical (unpaired) electrons. The minimum absolute atomic E-state index is 0.0573. The maximum Gasteiger partial charge on any atom is 0.338 e. The lowest BCUT2D eigenvalue weighted by Gasteiger charge is -2.06. The number of hydrogen-bond donors (Lipinski definition) is 0. The molecule has 0 unspecified atom stereocenters. The number of rotatable bonds is 5. The van der Waals surface area contributed by atoms with Crippen LogP contribution in [0.5, 0.6) is 0 Å². The smallest absolute Gasteiger partial charge is 0.338 e. The van der Waals surface area contributed by atoms with Gasteiger partial charge in [-0.1, -0.05) is 18.1 Å². The van der Waals surface area contributed by atoms with Crippen molar-refractivity contribution in [2.24, 2.45) is 0 Å². The van der Waals surface area contributed by atoms with Crippen molar-refractivity contribution >= 4 is 35.0 Å². The lowest BCUT2D eigenvalue weighted by molar-refractivity contribution is -0.122. The van der Waals surface area contributed by atoms with E-state index in [4.69, 9.17) is 15.6 Å². The second kappa shape index (κ2) is 7.98. The number of carbonyl (C=O) groups excluding carboxylic acids is 3. The molecule has 2 aromatic rings. The Kier molecular flexibility index (Phi) is 5.48. The number of esters is 1. The Balaban J connectivity index is 1.77. The Hall–Kier alpha value is -3.24. The zero-order chi connectivity index (χ0) is 19.4. The van der Waals surface area contributed by atoms with Gasteiger partial charge in [0.25, 0.3) is 11.1 Å². The van der Waals surface area contributed by atoms with Gasteiger partial charge in [-0.3, -0.25) is 14.5 Å². The van der Waals surface area contributed by atoms with E-state index < -0.39 is 11.1 Å². The van der Waals surface area contributed by atoms with E-state index in [0.29, 0.717) is 23.7 Å².